The van der Waals surface area contributed by atoms with Gasteiger partial charge in [-0.2, -0.15) is 0 Å². The Kier molecular flexibility index (Phi) is 10.4. The Hall–Kier alpha value is -3.39. The van der Waals surface area contributed by atoms with E-state index in [1.165, 1.54) is 0 Å². The molecule has 208 valence electrons. The van der Waals surface area contributed by atoms with Crippen LogP contribution < -0.4 is 0 Å². The molecule has 4 aromatic carbocycles. The van der Waals surface area contributed by atoms with Crippen molar-refractivity contribution in [2.24, 2.45) is 0 Å². The van der Waals surface area contributed by atoms with Gasteiger partial charge in [-0.1, -0.05) is 121 Å². The number of hydrogen-bond donors (Lipinski definition) is 0. The minimum Gasteiger partial charge on any atom is -0.374 e. The predicted octanol–water partition coefficient (Wildman–Crippen LogP) is 6.65. The summed E-state index contributed by atoms with van der Waals surface area (Å²) in [4.78, 5) is 0. The van der Waals surface area contributed by atoms with Crippen molar-refractivity contribution in [1.29, 1.82) is 0 Å². The molecule has 0 aromatic heterocycles. The van der Waals surface area contributed by atoms with E-state index in [1.54, 1.807) is 0 Å². The summed E-state index contributed by atoms with van der Waals surface area (Å²) in [5.74, 6) is 0. The molecule has 1 saturated heterocycles. The molecule has 2 unspecified atom stereocenters. The number of hydrogen-bond acceptors (Lipinski definition) is 5. The number of ether oxygens (including phenoxy) is 5. The third-order valence-electron chi connectivity index (χ3n) is 6.83. The monoisotopic (exact) mass is 542 g/mol. The molecule has 5 rings (SSSR count). The summed E-state index contributed by atoms with van der Waals surface area (Å²) in [5, 5.41) is 0. The summed E-state index contributed by atoms with van der Waals surface area (Å²) in [6.45, 7) is 1.35. The zero-order valence-corrected chi connectivity index (χ0v) is 22.4. The van der Waals surface area contributed by atoms with E-state index in [0.717, 1.165) is 22.3 Å². The van der Waals surface area contributed by atoms with E-state index in [2.05, 4.69) is 0 Å². The first kappa shape index (κ1) is 28.1. The first-order valence-electron chi connectivity index (χ1n) is 13.6. The second-order valence-corrected chi connectivity index (χ2v) is 9.81. The minimum atomic E-state index is -1.72. The van der Waals surface area contributed by atoms with E-state index in [9.17, 15) is 0 Å². The van der Waals surface area contributed by atoms with Crippen molar-refractivity contribution < 1.29 is 28.1 Å². The second kappa shape index (κ2) is 14.8. The highest BCUT2D eigenvalue weighted by molar-refractivity contribution is 5.16. The Bertz CT molecular complexity index is 1240. The Morgan fingerprint density at radius 2 is 0.850 bits per heavy atom. The maximum atomic E-state index is 15.7. The molecule has 1 fully saturated rings. The molecule has 40 heavy (non-hydrogen) atoms. The fraction of sp³-hybridized carbons (Fsp3) is 0.294. The molecule has 5 nitrogen and oxygen atoms in total. The molecule has 0 saturated carbocycles. The van der Waals surface area contributed by atoms with Crippen LogP contribution >= 0.6 is 0 Å². The Labute approximate surface area is 235 Å². The van der Waals surface area contributed by atoms with Crippen LogP contribution in [0.4, 0.5) is 4.39 Å². The van der Waals surface area contributed by atoms with Gasteiger partial charge in [0.2, 0.25) is 6.36 Å². The highest BCUT2D eigenvalue weighted by Crippen LogP contribution is 2.31. The van der Waals surface area contributed by atoms with E-state index in [0.29, 0.717) is 13.2 Å². The van der Waals surface area contributed by atoms with Crippen molar-refractivity contribution in [2.75, 3.05) is 6.61 Å². The maximum Gasteiger partial charge on any atom is 0.228 e. The Morgan fingerprint density at radius 3 is 1.30 bits per heavy atom. The molecule has 0 N–H and O–H groups in total. The Morgan fingerprint density at radius 1 is 0.475 bits per heavy atom. The minimum absolute atomic E-state index is 0.144. The zero-order chi connectivity index (χ0) is 27.4. The molecular formula is C34H35FO5. The van der Waals surface area contributed by atoms with Crippen LogP contribution in [0, 0.1) is 0 Å². The van der Waals surface area contributed by atoms with Gasteiger partial charge in [-0.3, -0.25) is 0 Å². The van der Waals surface area contributed by atoms with Crippen LogP contribution in [0.1, 0.15) is 22.3 Å². The van der Waals surface area contributed by atoms with Crippen LogP contribution in [0.5, 0.6) is 0 Å². The molecular weight excluding hydrogens is 507 g/mol. The van der Waals surface area contributed by atoms with Crippen LogP contribution in [0.2, 0.25) is 0 Å². The third-order valence-corrected chi connectivity index (χ3v) is 6.83. The molecule has 0 amide bonds. The molecule has 1 heterocycles. The average Bonchev–Trinajstić information content (AvgIpc) is 3.01. The number of benzene rings is 4. The highest BCUT2D eigenvalue weighted by Gasteiger charge is 2.48. The van der Waals surface area contributed by atoms with E-state index >= 15 is 4.39 Å². The molecule has 4 aromatic rings. The van der Waals surface area contributed by atoms with E-state index < -0.39 is 30.8 Å². The SMILES string of the molecule is F[C@@H]1OC(COCc2ccccc2)[C@H](OCc2ccccc2)[C@@H](OCc2ccccc2)C1OCc1ccccc1. The van der Waals surface area contributed by atoms with Gasteiger partial charge in [0.05, 0.1) is 33.0 Å². The smallest absolute Gasteiger partial charge is 0.228 e. The van der Waals surface area contributed by atoms with E-state index in [4.69, 9.17) is 23.7 Å². The first-order chi connectivity index (χ1) is 19.8. The fourth-order valence-electron chi connectivity index (χ4n) is 4.73. The maximum absolute atomic E-state index is 15.7. The van der Waals surface area contributed by atoms with E-state index in [-0.39, 0.29) is 19.8 Å². The summed E-state index contributed by atoms with van der Waals surface area (Å²) in [7, 11) is 0. The highest BCUT2D eigenvalue weighted by atomic mass is 19.1. The topological polar surface area (TPSA) is 46.2 Å². The molecule has 1 aliphatic rings. The lowest BCUT2D eigenvalue weighted by molar-refractivity contribution is -0.298. The summed E-state index contributed by atoms with van der Waals surface area (Å²) >= 11 is 0. The van der Waals surface area contributed by atoms with Crippen LogP contribution in [-0.4, -0.2) is 37.4 Å². The van der Waals surface area contributed by atoms with Crippen LogP contribution in [0.25, 0.3) is 0 Å². The van der Waals surface area contributed by atoms with Crippen LogP contribution in [-0.2, 0) is 50.1 Å². The zero-order valence-electron chi connectivity index (χ0n) is 22.4. The van der Waals surface area contributed by atoms with Gasteiger partial charge in [-0.25, -0.2) is 4.39 Å². The molecule has 6 heteroatoms. The predicted molar refractivity (Wildman–Crippen MR) is 151 cm³/mol. The molecule has 0 bridgehead atoms. The Balaban J connectivity index is 1.36. The third kappa shape index (κ3) is 8.07. The number of halogens is 1. The van der Waals surface area contributed by atoms with Crippen LogP contribution in [0.15, 0.2) is 121 Å². The average molecular weight is 543 g/mol. The molecule has 0 spiro atoms. The normalized spacial score (nSPS) is 22.7. The molecule has 1 aliphatic heterocycles. The summed E-state index contributed by atoms with van der Waals surface area (Å²) in [5.41, 5.74) is 3.94. The standard InChI is InChI=1S/C34H35FO5/c35-34-33(39-24-29-19-11-4-12-20-29)32(38-23-28-17-9-3-10-18-28)31(37-22-27-15-7-2-8-16-27)30(40-34)25-36-21-26-13-5-1-6-14-26/h1-20,30-34H,21-25H2/t30?,31-,32+,33?,34+/m0/s1. The largest absolute Gasteiger partial charge is 0.374 e. The van der Waals surface area contributed by atoms with Crippen molar-refractivity contribution >= 4 is 0 Å². The number of alkyl halides is 1. The van der Waals surface area contributed by atoms with Gasteiger partial charge in [-0.15, -0.1) is 0 Å². The number of rotatable bonds is 13. The summed E-state index contributed by atoms with van der Waals surface area (Å²) in [6, 6.07) is 39.2. The summed E-state index contributed by atoms with van der Waals surface area (Å²) in [6.07, 6.45) is -4.77. The van der Waals surface area contributed by atoms with Crippen molar-refractivity contribution in [2.45, 2.75) is 57.2 Å². The lowest BCUT2D eigenvalue weighted by Crippen LogP contribution is -2.60. The van der Waals surface area contributed by atoms with Crippen molar-refractivity contribution in [1.82, 2.24) is 0 Å². The molecule has 0 aliphatic carbocycles. The summed E-state index contributed by atoms with van der Waals surface area (Å²) < 4.78 is 46.6. The van der Waals surface area contributed by atoms with Gasteiger partial charge in [0.15, 0.2) is 0 Å². The van der Waals surface area contributed by atoms with Gasteiger partial charge in [-0.05, 0) is 22.3 Å². The fourth-order valence-corrected chi connectivity index (χ4v) is 4.73. The van der Waals surface area contributed by atoms with Gasteiger partial charge >= 0.3 is 0 Å². The molecule has 0 radical (unpaired) electrons. The van der Waals surface area contributed by atoms with Gasteiger partial charge < -0.3 is 23.7 Å². The molecule has 5 atom stereocenters. The van der Waals surface area contributed by atoms with Crippen LogP contribution in [0.3, 0.4) is 0 Å². The lowest BCUT2D eigenvalue weighted by Gasteiger charge is -2.43. The van der Waals surface area contributed by atoms with Crippen molar-refractivity contribution in [3.8, 4) is 0 Å². The first-order valence-corrected chi connectivity index (χ1v) is 13.6. The quantitative estimate of drug-likeness (QED) is 0.189. The van der Waals surface area contributed by atoms with Crippen molar-refractivity contribution in [3.63, 3.8) is 0 Å². The van der Waals surface area contributed by atoms with E-state index in [1.807, 2.05) is 121 Å². The lowest BCUT2D eigenvalue weighted by atomic mass is 9.98. The second-order valence-electron chi connectivity index (χ2n) is 9.81. The van der Waals surface area contributed by atoms with Gasteiger partial charge in [0.1, 0.15) is 24.4 Å². The van der Waals surface area contributed by atoms with Crippen molar-refractivity contribution in [3.05, 3.63) is 144 Å². The van der Waals surface area contributed by atoms with Gasteiger partial charge in [0.25, 0.3) is 0 Å². The van der Waals surface area contributed by atoms with Gasteiger partial charge in [0, 0.05) is 0 Å².